The van der Waals surface area contributed by atoms with Crippen molar-refractivity contribution in [3.63, 3.8) is 0 Å². The van der Waals surface area contributed by atoms with Crippen LogP contribution in [0.2, 0.25) is 5.02 Å². The number of carbonyl (C=O) groups excluding carboxylic acids is 1. The number of benzene rings is 2. The number of halogens is 1. The highest BCUT2D eigenvalue weighted by Crippen LogP contribution is 2.30. The standard InChI is InChI=1S/C19H17ClN2O3/c1-3-24-19-21-11-17(22(19)2)13-5-8-16(9-6-13)25-18-10-15(20)7-4-14(18)12-23/h4-12H,3H2,1-2H3. The van der Waals surface area contributed by atoms with Gasteiger partial charge in [0.25, 0.3) is 6.01 Å². The largest absolute Gasteiger partial charge is 0.465 e. The molecule has 0 bridgehead atoms. The Labute approximate surface area is 150 Å². The highest BCUT2D eigenvalue weighted by atomic mass is 35.5. The first-order valence-corrected chi connectivity index (χ1v) is 8.17. The van der Waals surface area contributed by atoms with Crippen LogP contribution in [0, 0.1) is 0 Å². The van der Waals surface area contributed by atoms with Gasteiger partial charge in [0.2, 0.25) is 0 Å². The average molecular weight is 357 g/mol. The van der Waals surface area contributed by atoms with Crippen LogP contribution in [0.15, 0.2) is 48.7 Å². The lowest BCUT2D eigenvalue weighted by molar-refractivity contribution is 0.112. The highest BCUT2D eigenvalue weighted by Gasteiger charge is 2.10. The minimum atomic E-state index is 0.425. The Morgan fingerprint density at radius 2 is 1.96 bits per heavy atom. The van der Waals surface area contributed by atoms with Crippen molar-refractivity contribution in [2.24, 2.45) is 7.05 Å². The van der Waals surface area contributed by atoms with Crippen molar-refractivity contribution in [1.82, 2.24) is 9.55 Å². The van der Waals surface area contributed by atoms with E-state index in [1.165, 1.54) is 0 Å². The molecule has 0 aliphatic heterocycles. The number of imidazole rings is 1. The predicted molar refractivity (Wildman–Crippen MR) is 96.7 cm³/mol. The number of ether oxygens (including phenoxy) is 2. The molecule has 25 heavy (non-hydrogen) atoms. The van der Waals surface area contributed by atoms with Gasteiger partial charge in [0.15, 0.2) is 6.29 Å². The minimum absolute atomic E-state index is 0.425. The van der Waals surface area contributed by atoms with E-state index in [2.05, 4.69) is 4.98 Å². The fourth-order valence-electron chi connectivity index (χ4n) is 2.44. The molecular weight excluding hydrogens is 340 g/mol. The molecule has 0 aliphatic rings. The van der Waals surface area contributed by atoms with Crippen molar-refractivity contribution in [3.05, 3.63) is 59.2 Å². The fraction of sp³-hybridized carbons (Fsp3) is 0.158. The molecule has 2 aromatic carbocycles. The molecule has 128 valence electrons. The molecule has 0 fully saturated rings. The van der Waals surface area contributed by atoms with Crippen LogP contribution < -0.4 is 9.47 Å². The van der Waals surface area contributed by atoms with Gasteiger partial charge in [-0.1, -0.05) is 11.6 Å². The first-order chi connectivity index (χ1) is 12.1. The van der Waals surface area contributed by atoms with E-state index in [1.54, 1.807) is 24.4 Å². The molecule has 3 aromatic rings. The lowest BCUT2D eigenvalue weighted by Crippen LogP contribution is -2.00. The summed E-state index contributed by atoms with van der Waals surface area (Å²) in [6.45, 7) is 2.49. The number of hydrogen-bond donors (Lipinski definition) is 0. The number of nitrogens with zero attached hydrogens (tertiary/aromatic N) is 2. The Morgan fingerprint density at radius 3 is 2.64 bits per heavy atom. The van der Waals surface area contributed by atoms with Crippen LogP contribution >= 0.6 is 11.6 Å². The van der Waals surface area contributed by atoms with Gasteiger partial charge in [-0.05, 0) is 43.3 Å². The Bertz CT molecular complexity index is 888. The van der Waals surface area contributed by atoms with E-state index in [1.807, 2.05) is 42.8 Å². The summed E-state index contributed by atoms with van der Waals surface area (Å²) < 4.78 is 13.1. The normalized spacial score (nSPS) is 10.5. The summed E-state index contributed by atoms with van der Waals surface area (Å²) in [7, 11) is 1.90. The van der Waals surface area contributed by atoms with Gasteiger partial charge in [0.1, 0.15) is 11.5 Å². The van der Waals surface area contributed by atoms with Gasteiger partial charge in [-0.3, -0.25) is 9.36 Å². The SMILES string of the molecule is CCOc1ncc(-c2ccc(Oc3cc(Cl)ccc3C=O)cc2)n1C. The second-order valence-electron chi connectivity index (χ2n) is 5.34. The van der Waals surface area contributed by atoms with E-state index >= 15 is 0 Å². The summed E-state index contributed by atoms with van der Waals surface area (Å²) in [6, 6.07) is 13.0. The molecule has 5 nitrogen and oxygen atoms in total. The molecule has 0 saturated carbocycles. The third-order valence-electron chi connectivity index (χ3n) is 3.70. The predicted octanol–water partition coefficient (Wildman–Crippen LogP) is 4.74. The first-order valence-electron chi connectivity index (χ1n) is 7.80. The smallest absolute Gasteiger partial charge is 0.296 e. The van der Waals surface area contributed by atoms with E-state index in [9.17, 15) is 4.79 Å². The van der Waals surface area contributed by atoms with E-state index < -0.39 is 0 Å². The number of rotatable bonds is 6. The zero-order valence-corrected chi connectivity index (χ0v) is 14.7. The molecule has 3 rings (SSSR count). The van der Waals surface area contributed by atoms with E-state index in [4.69, 9.17) is 21.1 Å². The van der Waals surface area contributed by atoms with Crippen molar-refractivity contribution in [2.45, 2.75) is 6.92 Å². The Kier molecular flexibility index (Phi) is 5.05. The maximum Gasteiger partial charge on any atom is 0.296 e. The lowest BCUT2D eigenvalue weighted by atomic mass is 10.1. The molecule has 1 aromatic heterocycles. The summed E-state index contributed by atoms with van der Waals surface area (Å²) in [5.41, 5.74) is 2.36. The average Bonchev–Trinajstić information content (AvgIpc) is 2.97. The second kappa shape index (κ2) is 7.40. The highest BCUT2D eigenvalue weighted by molar-refractivity contribution is 6.30. The number of aldehydes is 1. The topological polar surface area (TPSA) is 53.4 Å². The van der Waals surface area contributed by atoms with Crippen LogP contribution in [0.3, 0.4) is 0 Å². The minimum Gasteiger partial charge on any atom is -0.465 e. The van der Waals surface area contributed by atoms with Crippen LogP contribution in [-0.4, -0.2) is 22.4 Å². The van der Waals surface area contributed by atoms with E-state index in [0.717, 1.165) is 17.5 Å². The summed E-state index contributed by atoms with van der Waals surface area (Å²) in [6.07, 6.45) is 2.51. The Balaban J connectivity index is 1.84. The zero-order chi connectivity index (χ0) is 17.8. The van der Waals surface area contributed by atoms with Gasteiger partial charge >= 0.3 is 0 Å². The van der Waals surface area contributed by atoms with Crippen molar-refractivity contribution < 1.29 is 14.3 Å². The second-order valence-corrected chi connectivity index (χ2v) is 5.78. The maximum absolute atomic E-state index is 11.1. The van der Waals surface area contributed by atoms with Gasteiger partial charge < -0.3 is 9.47 Å². The molecule has 0 radical (unpaired) electrons. The third-order valence-corrected chi connectivity index (χ3v) is 3.93. The monoisotopic (exact) mass is 356 g/mol. The number of carbonyl (C=O) groups is 1. The van der Waals surface area contributed by atoms with Gasteiger partial charge in [-0.15, -0.1) is 0 Å². The summed E-state index contributed by atoms with van der Waals surface area (Å²) in [5, 5.41) is 0.510. The molecule has 0 unspecified atom stereocenters. The van der Waals surface area contributed by atoms with Crippen LogP contribution in [-0.2, 0) is 7.05 Å². The molecule has 1 heterocycles. The van der Waals surface area contributed by atoms with Crippen molar-refractivity contribution in [3.8, 4) is 28.8 Å². The maximum atomic E-state index is 11.1. The summed E-state index contributed by atoms with van der Waals surface area (Å²) in [5.74, 6) is 1.04. The molecule has 0 spiro atoms. The van der Waals surface area contributed by atoms with Gasteiger partial charge in [-0.25, -0.2) is 4.98 Å². The summed E-state index contributed by atoms with van der Waals surface area (Å²) in [4.78, 5) is 15.4. The van der Waals surface area contributed by atoms with Crippen LogP contribution in [0.1, 0.15) is 17.3 Å². The van der Waals surface area contributed by atoms with Gasteiger partial charge in [0.05, 0.1) is 24.1 Å². The number of hydrogen-bond acceptors (Lipinski definition) is 4. The van der Waals surface area contributed by atoms with Crippen molar-refractivity contribution in [1.29, 1.82) is 0 Å². The molecule has 6 heteroatoms. The van der Waals surface area contributed by atoms with Crippen LogP contribution in [0.25, 0.3) is 11.3 Å². The quantitative estimate of drug-likeness (QED) is 0.598. The Morgan fingerprint density at radius 1 is 1.20 bits per heavy atom. The fourth-order valence-corrected chi connectivity index (χ4v) is 2.60. The van der Waals surface area contributed by atoms with E-state index in [0.29, 0.717) is 34.7 Å². The molecule has 0 aliphatic carbocycles. The molecular formula is C19H17ClN2O3. The van der Waals surface area contributed by atoms with Crippen molar-refractivity contribution in [2.75, 3.05) is 6.61 Å². The lowest BCUT2D eigenvalue weighted by Gasteiger charge is -2.10. The summed E-state index contributed by atoms with van der Waals surface area (Å²) >= 11 is 5.97. The zero-order valence-electron chi connectivity index (χ0n) is 13.9. The first kappa shape index (κ1) is 17.0. The molecule has 0 amide bonds. The van der Waals surface area contributed by atoms with Crippen molar-refractivity contribution >= 4 is 17.9 Å². The van der Waals surface area contributed by atoms with Gasteiger partial charge in [0, 0.05) is 23.7 Å². The molecule has 0 N–H and O–H groups in total. The van der Waals surface area contributed by atoms with Crippen LogP contribution in [0.4, 0.5) is 0 Å². The van der Waals surface area contributed by atoms with Crippen LogP contribution in [0.5, 0.6) is 17.5 Å². The number of aromatic nitrogens is 2. The molecule has 0 saturated heterocycles. The van der Waals surface area contributed by atoms with E-state index in [-0.39, 0.29) is 0 Å². The van der Waals surface area contributed by atoms with Gasteiger partial charge in [-0.2, -0.15) is 0 Å². The molecule has 0 atom stereocenters. The Hall–Kier alpha value is -2.79. The third kappa shape index (κ3) is 3.67.